The third-order valence-electron chi connectivity index (χ3n) is 4.64. The molecule has 4 rings (SSSR count). The zero-order valence-electron chi connectivity index (χ0n) is 16.7. The molecule has 0 fully saturated rings. The van der Waals surface area contributed by atoms with Gasteiger partial charge in [-0.2, -0.15) is 10.2 Å². The molecule has 0 radical (unpaired) electrons. The molecule has 1 N–H and O–H groups in total. The average molecular weight is 373 g/mol. The van der Waals surface area contributed by atoms with E-state index in [1.165, 1.54) is 0 Å². The number of nitrogens with one attached hydrogen (secondary N) is 1. The number of fused-ring (bicyclic) bond motifs is 1. The number of aryl methyl sites for hydroxylation is 2. The smallest absolute Gasteiger partial charge is 0.154 e. The van der Waals surface area contributed by atoms with E-state index in [0.29, 0.717) is 11.6 Å². The van der Waals surface area contributed by atoms with Gasteiger partial charge in [0.05, 0.1) is 22.9 Å². The molecule has 0 bridgehead atoms. The number of hydrogen-bond acceptors (Lipinski definition) is 6. The van der Waals surface area contributed by atoms with Crippen LogP contribution in [-0.2, 0) is 12.5 Å². The third-order valence-corrected chi connectivity index (χ3v) is 4.64. The third kappa shape index (κ3) is 3.55. The van der Waals surface area contributed by atoms with Crippen molar-refractivity contribution < 1.29 is 0 Å². The summed E-state index contributed by atoms with van der Waals surface area (Å²) in [6.45, 7) is 8.44. The van der Waals surface area contributed by atoms with Crippen LogP contribution in [0.25, 0.3) is 22.2 Å². The lowest BCUT2D eigenvalue weighted by Crippen LogP contribution is -2.12. The van der Waals surface area contributed by atoms with E-state index in [4.69, 9.17) is 4.98 Å². The van der Waals surface area contributed by atoms with E-state index in [0.717, 1.165) is 33.4 Å². The van der Waals surface area contributed by atoms with Crippen LogP contribution in [0.2, 0.25) is 0 Å². The Morgan fingerprint density at radius 2 is 1.82 bits per heavy atom. The van der Waals surface area contributed by atoms with Crippen LogP contribution in [0.4, 0.5) is 11.6 Å². The number of nitrogens with zero attached hydrogens (tertiary/aromatic N) is 6. The summed E-state index contributed by atoms with van der Waals surface area (Å²) in [6.07, 6.45) is 5.65. The summed E-state index contributed by atoms with van der Waals surface area (Å²) >= 11 is 0. The zero-order chi connectivity index (χ0) is 19.9. The number of pyridine rings is 2. The summed E-state index contributed by atoms with van der Waals surface area (Å²) in [6, 6.07) is 7.89. The minimum absolute atomic E-state index is 0.00356. The predicted octanol–water partition coefficient (Wildman–Crippen LogP) is 4.17. The Kier molecular flexibility index (Phi) is 4.30. The minimum Gasteiger partial charge on any atom is -0.323 e. The normalized spacial score (nSPS) is 11.8. The molecule has 0 aliphatic carbocycles. The number of rotatable bonds is 3. The Labute approximate surface area is 163 Å². The van der Waals surface area contributed by atoms with Crippen molar-refractivity contribution in [2.75, 3.05) is 5.32 Å². The fourth-order valence-corrected chi connectivity index (χ4v) is 3.08. The number of hydrogen-bond donors (Lipinski definition) is 1. The first-order valence-electron chi connectivity index (χ1n) is 9.17. The highest BCUT2D eigenvalue weighted by atomic mass is 15.2. The Morgan fingerprint density at radius 1 is 1.00 bits per heavy atom. The molecule has 0 amide bonds. The van der Waals surface area contributed by atoms with Crippen LogP contribution in [0.1, 0.15) is 32.0 Å². The molecule has 4 heterocycles. The summed E-state index contributed by atoms with van der Waals surface area (Å²) in [5.74, 6) is 1.38. The van der Waals surface area contributed by atoms with Gasteiger partial charge in [-0.05, 0) is 42.2 Å². The first kappa shape index (κ1) is 18.0. The van der Waals surface area contributed by atoms with Gasteiger partial charge in [0.25, 0.3) is 0 Å². The van der Waals surface area contributed by atoms with Gasteiger partial charge in [0, 0.05) is 30.6 Å². The van der Waals surface area contributed by atoms with Crippen LogP contribution in [0.5, 0.6) is 0 Å². The van der Waals surface area contributed by atoms with Crippen molar-refractivity contribution >= 4 is 22.7 Å². The molecule has 4 aromatic heterocycles. The molecule has 0 unspecified atom stereocenters. The molecule has 0 aliphatic heterocycles. The molecule has 7 nitrogen and oxygen atoms in total. The lowest BCUT2D eigenvalue weighted by molar-refractivity contribution is 0.585. The van der Waals surface area contributed by atoms with E-state index in [1.807, 2.05) is 50.6 Å². The van der Waals surface area contributed by atoms with Gasteiger partial charge in [0.15, 0.2) is 5.82 Å². The van der Waals surface area contributed by atoms with E-state index in [2.05, 4.69) is 46.4 Å². The molecule has 0 atom stereocenters. The van der Waals surface area contributed by atoms with Crippen molar-refractivity contribution in [3.63, 3.8) is 0 Å². The second-order valence-corrected chi connectivity index (χ2v) is 7.97. The van der Waals surface area contributed by atoms with Crippen molar-refractivity contribution in [2.45, 2.75) is 33.1 Å². The second-order valence-electron chi connectivity index (χ2n) is 7.97. The molecule has 0 aromatic carbocycles. The molecule has 7 heteroatoms. The van der Waals surface area contributed by atoms with Crippen molar-refractivity contribution in [1.29, 1.82) is 0 Å². The monoisotopic (exact) mass is 373 g/mol. The second kappa shape index (κ2) is 6.67. The van der Waals surface area contributed by atoms with Crippen molar-refractivity contribution in [2.24, 2.45) is 7.05 Å². The quantitative estimate of drug-likeness (QED) is 0.580. The molecule has 0 saturated carbocycles. The van der Waals surface area contributed by atoms with Gasteiger partial charge in [-0.15, -0.1) is 5.10 Å². The fourth-order valence-electron chi connectivity index (χ4n) is 3.08. The van der Waals surface area contributed by atoms with Crippen LogP contribution in [0.3, 0.4) is 0 Å². The SMILES string of the molecule is Cc1nn(C)cc1-c1cnc2ccc(Nc3cc(C(C)(C)C)cnn3)nc2c1. The van der Waals surface area contributed by atoms with Crippen molar-refractivity contribution in [3.8, 4) is 11.1 Å². The molecule has 142 valence electrons. The Bertz CT molecular complexity index is 1160. The molecule has 0 aliphatic rings. The summed E-state index contributed by atoms with van der Waals surface area (Å²) < 4.78 is 1.81. The maximum absolute atomic E-state index is 4.72. The average Bonchev–Trinajstić information content (AvgIpc) is 2.99. The summed E-state index contributed by atoms with van der Waals surface area (Å²) in [7, 11) is 1.91. The summed E-state index contributed by atoms with van der Waals surface area (Å²) in [5, 5.41) is 16.0. The minimum atomic E-state index is 0.00356. The van der Waals surface area contributed by atoms with Crippen LogP contribution < -0.4 is 5.32 Å². The first-order chi connectivity index (χ1) is 13.3. The van der Waals surface area contributed by atoms with E-state index in [-0.39, 0.29) is 5.41 Å². The first-order valence-corrected chi connectivity index (χ1v) is 9.17. The van der Waals surface area contributed by atoms with Gasteiger partial charge < -0.3 is 5.32 Å². The maximum Gasteiger partial charge on any atom is 0.154 e. The van der Waals surface area contributed by atoms with Gasteiger partial charge in [0.1, 0.15) is 5.82 Å². The van der Waals surface area contributed by atoms with Crippen LogP contribution in [0, 0.1) is 6.92 Å². The van der Waals surface area contributed by atoms with E-state index in [9.17, 15) is 0 Å². The number of anilines is 2. The van der Waals surface area contributed by atoms with Gasteiger partial charge in [-0.25, -0.2) is 4.98 Å². The Balaban J connectivity index is 1.68. The van der Waals surface area contributed by atoms with E-state index < -0.39 is 0 Å². The topological polar surface area (TPSA) is 81.4 Å². The molecular weight excluding hydrogens is 350 g/mol. The zero-order valence-corrected chi connectivity index (χ0v) is 16.7. The van der Waals surface area contributed by atoms with Gasteiger partial charge in [0.2, 0.25) is 0 Å². The molecule has 4 aromatic rings. The van der Waals surface area contributed by atoms with Gasteiger partial charge >= 0.3 is 0 Å². The van der Waals surface area contributed by atoms with Gasteiger partial charge in [-0.3, -0.25) is 9.67 Å². The molecular formula is C21H23N7. The standard InChI is InChI=1S/C21H23N7/c1-13-16(12-28(5)27-13)14-8-18-17(22-10-14)6-7-19(24-18)25-20-9-15(11-23-26-20)21(2,3)4/h6-12H,1-5H3,(H,24,25,26). The van der Waals surface area contributed by atoms with Crippen LogP contribution in [-0.4, -0.2) is 29.9 Å². The van der Waals surface area contributed by atoms with E-state index in [1.54, 1.807) is 10.9 Å². The Hall–Kier alpha value is -3.35. The largest absolute Gasteiger partial charge is 0.323 e. The Morgan fingerprint density at radius 3 is 2.54 bits per heavy atom. The van der Waals surface area contributed by atoms with Crippen molar-refractivity contribution in [3.05, 3.63) is 54.1 Å². The van der Waals surface area contributed by atoms with Gasteiger partial charge in [-0.1, -0.05) is 20.8 Å². The summed E-state index contributed by atoms with van der Waals surface area (Å²) in [4.78, 5) is 9.26. The summed E-state index contributed by atoms with van der Waals surface area (Å²) in [5.41, 5.74) is 5.78. The highest BCUT2D eigenvalue weighted by Crippen LogP contribution is 2.26. The van der Waals surface area contributed by atoms with E-state index >= 15 is 0 Å². The van der Waals surface area contributed by atoms with Crippen LogP contribution >= 0.6 is 0 Å². The van der Waals surface area contributed by atoms with Crippen molar-refractivity contribution in [1.82, 2.24) is 29.9 Å². The molecule has 28 heavy (non-hydrogen) atoms. The highest BCUT2D eigenvalue weighted by molar-refractivity contribution is 5.82. The lowest BCUT2D eigenvalue weighted by atomic mass is 9.89. The lowest BCUT2D eigenvalue weighted by Gasteiger charge is -2.18. The van der Waals surface area contributed by atoms with Crippen LogP contribution in [0.15, 0.2) is 42.9 Å². The molecule has 0 saturated heterocycles. The molecule has 0 spiro atoms. The number of aromatic nitrogens is 6. The predicted molar refractivity (Wildman–Crippen MR) is 110 cm³/mol. The maximum atomic E-state index is 4.72. The fraction of sp³-hybridized carbons (Fsp3) is 0.286. The highest BCUT2D eigenvalue weighted by Gasteiger charge is 2.15.